The van der Waals surface area contributed by atoms with Crippen molar-refractivity contribution in [3.05, 3.63) is 30.3 Å². The Hall–Kier alpha value is -0.0500. The Kier molecular flexibility index (Phi) is 7.24. The van der Waals surface area contributed by atoms with Gasteiger partial charge in [-0.05, 0) is 11.6 Å². The van der Waals surface area contributed by atoms with Crippen LogP contribution in [0.2, 0.25) is 0 Å². The van der Waals surface area contributed by atoms with Crippen LogP contribution in [0.15, 0.2) is 30.3 Å². The zero-order chi connectivity index (χ0) is 11.9. The van der Waals surface area contributed by atoms with Crippen molar-refractivity contribution in [3.8, 4) is 0 Å². The predicted octanol–water partition coefficient (Wildman–Crippen LogP) is 3.16. The number of nitrogens with zero attached hydrogens (tertiary/aromatic N) is 1. The summed E-state index contributed by atoms with van der Waals surface area (Å²) < 4.78 is 11.0. The summed E-state index contributed by atoms with van der Waals surface area (Å²) in [7, 11) is 1.91. The molecule has 1 aromatic carbocycles. The van der Waals surface area contributed by atoms with Crippen molar-refractivity contribution < 1.29 is 14.0 Å². The average Bonchev–Trinajstić information content (AvgIpc) is 2.15. The Balaban J connectivity index is 0.000000336. The lowest BCUT2D eigenvalue weighted by molar-refractivity contribution is -0.397. The molecule has 0 unspecified atom stereocenters. The van der Waals surface area contributed by atoms with Crippen LogP contribution in [0, 0.1) is 0 Å². The second-order valence-corrected chi connectivity index (χ2v) is 6.67. The van der Waals surface area contributed by atoms with E-state index in [0.29, 0.717) is 0 Å². The number of halogens is 3. The summed E-state index contributed by atoms with van der Waals surface area (Å²) in [4.78, 5) is 9.19. The number of rotatable bonds is 1. The largest absolute Gasteiger partial charge is 0.776 e. The molecular formula is C8H9Cl3NO2P. The van der Waals surface area contributed by atoms with Crippen LogP contribution in [0.3, 0.4) is 0 Å². The maximum atomic E-state index is 9.19. The Labute approximate surface area is 103 Å². The second kappa shape index (κ2) is 7.26. The SMILES string of the molecule is C[N+](=CCl)c1ccccc1.O=P([O-])(Cl)Cl. The van der Waals surface area contributed by atoms with Crippen molar-refractivity contribution >= 4 is 51.5 Å². The fourth-order valence-electron chi connectivity index (χ4n) is 0.719. The van der Waals surface area contributed by atoms with Crippen molar-refractivity contribution in [2.24, 2.45) is 0 Å². The van der Waals surface area contributed by atoms with Crippen LogP contribution in [0.5, 0.6) is 0 Å². The van der Waals surface area contributed by atoms with Crippen LogP contribution in [-0.2, 0) is 4.57 Å². The van der Waals surface area contributed by atoms with Crippen LogP contribution in [0.25, 0.3) is 0 Å². The van der Waals surface area contributed by atoms with Crippen LogP contribution < -0.4 is 4.89 Å². The van der Waals surface area contributed by atoms with E-state index in [0.717, 1.165) is 5.69 Å². The first-order valence-corrected chi connectivity index (χ1v) is 7.63. The highest BCUT2D eigenvalue weighted by Crippen LogP contribution is 2.46. The molecular weight excluding hydrogens is 279 g/mol. The Morgan fingerprint density at radius 2 is 1.73 bits per heavy atom. The van der Waals surface area contributed by atoms with Gasteiger partial charge in [-0.3, -0.25) is 0 Å². The fraction of sp³-hybridized carbons (Fsp3) is 0.125. The molecule has 0 atom stereocenters. The molecule has 0 radical (unpaired) electrons. The van der Waals surface area contributed by atoms with E-state index in [1.807, 2.05) is 42.0 Å². The molecule has 0 amide bonds. The van der Waals surface area contributed by atoms with Crippen LogP contribution in [0.4, 0.5) is 5.69 Å². The van der Waals surface area contributed by atoms with Gasteiger partial charge in [0.2, 0.25) is 11.4 Å². The van der Waals surface area contributed by atoms with Crippen molar-refractivity contribution in [1.82, 2.24) is 0 Å². The third-order valence-corrected chi connectivity index (χ3v) is 1.60. The van der Waals surface area contributed by atoms with Gasteiger partial charge >= 0.3 is 0 Å². The summed E-state index contributed by atoms with van der Waals surface area (Å²) in [6, 6.07) is 9.93. The lowest BCUT2D eigenvalue weighted by atomic mass is 10.3. The van der Waals surface area contributed by atoms with Crippen LogP contribution in [-0.4, -0.2) is 17.3 Å². The van der Waals surface area contributed by atoms with E-state index in [4.69, 9.17) is 11.6 Å². The van der Waals surface area contributed by atoms with E-state index in [2.05, 4.69) is 22.5 Å². The molecule has 1 rings (SSSR count). The highest BCUT2D eigenvalue weighted by Gasteiger charge is 1.97. The summed E-state index contributed by atoms with van der Waals surface area (Å²) in [5.74, 6) is 0. The van der Waals surface area contributed by atoms with Gasteiger partial charge in [0.25, 0.3) is 0 Å². The van der Waals surface area contributed by atoms with Crippen LogP contribution >= 0.6 is 40.2 Å². The standard InChI is InChI=1S/C8H9ClN.Cl2HO2P/c1-10(7-9)8-5-3-2-4-6-8;1-5(2,3)4/h2-7H,1H3;(H,3,4)/q+1;/p-1. The molecule has 1 aromatic rings. The van der Waals surface area contributed by atoms with Gasteiger partial charge in [-0.15, -0.1) is 0 Å². The normalized spacial score (nSPS) is 11.7. The van der Waals surface area contributed by atoms with Gasteiger partial charge in [-0.2, -0.15) is 4.58 Å². The average molecular weight is 288 g/mol. The minimum Gasteiger partial charge on any atom is -0.776 e. The first kappa shape index (κ1) is 14.9. The smallest absolute Gasteiger partial charge is 0.238 e. The third-order valence-electron chi connectivity index (χ3n) is 1.31. The van der Waals surface area contributed by atoms with Gasteiger partial charge in [0.15, 0.2) is 6.07 Å². The number of hydrogen-bond acceptors (Lipinski definition) is 2. The molecule has 3 nitrogen and oxygen atoms in total. The molecule has 0 bridgehead atoms. The molecule has 0 saturated heterocycles. The summed E-state index contributed by atoms with van der Waals surface area (Å²) in [6.45, 7) is 0. The van der Waals surface area contributed by atoms with Crippen LogP contribution in [0.1, 0.15) is 0 Å². The molecule has 0 N–H and O–H groups in total. The van der Waals surface area contributed by atoms with E-state index in [-0.39, 0.29) is 0 Å². The van der Waals surface area contributed by atoms with Gasteiger partial charge in [0.1, 0.15) is 7.05 Å². The number of para-hydroxylation sites is 1. The zero-order valence-corrected chi connectivity index (χ0v) is 11.0. The number of hydrogen-bond donors (Lipinski definition) is 0. The highest BCUT2D eigenvalue weighted by atomic mass is 35.9. The zero-order valence-electron chi connectivity index (χ0n) is 7.81. The molecule has 0 spiro atoms. The van der Waals surface area contributed by atoms with Gasteiger partial charge in [-0.25, -0.2) is 0 Å². The van der Waals surface area contributed by atoms with Gasteiger partial charge in [0, 0.05) is 12.1 Å². The summed E-state index contributed by atoms with van der Waals surface area (Å²) in [5, 5.41) is 0. The first-order chi connectivity index (χ1) is 6.84. The highest BCUT2D eigenvalue weighted by molar-refractivity contribution is 8.03. The maximum Gasteiger partial charge on any atom is 0.238 e. The molecule has 84 valence electrons. The lowest BCUT2D eigenvalue weighted by Crippen LogP contribution is -1.94. The molecule has 15 heavy (non-hydrogen) atoms. The summed E-state index contributed by atoms with van der Waals surface area (Å²) in [5.41, 5.74) is 2.60. The molecule has 0 aliphatic carbocycles. The van der Waals surface area contributed by atoms with Gasteiger partial charge in [0.05, 0.1) is 0 Å². The first-order valence-electron chi connectivity index (χ1n) is 3.76. The van der Waals surface area contributed by atoms with E-state index >= 15 is 0 Å². The van der Waals surface area contributed by atoms with Crippen molar-refractivity contribution in [3.63, 3.8) is 0 Å². The maximum absolute atomic E-state index is 9.19. The Bertz CT molecular complexity index is 355. The van der Waals surface area contributed by atoms with Gasteiger partial charge in [-0.1, -0.05) is 40.7 Å². The second-order valence-electron chi connectivity index (χ2n) is 2.46. The topological polar surface area (TPSA) is 43.1 Å². The third kappa shape index (κ3) is 10.2. The summed E-state index contributed by atoms with van der Waals surface area (Å²) in [6.07, 6.45) is -3.94. The molecule has 0 heterocycles. The molecule has 0 aliphatic heterocycles. The number of benzene rings is 1. The predicted molar refractivity (Wildman–Crippen MR) is 63.5 cm³/mol. The quantitative estimate of drug-likeness (QED) is 0.452. The molecule has 0 saturated carbocycles. The fourth-order valence-corrected chi connectivity index (χ4v) is 0.832. The van der Waals surface area contributed by atoms with E-state index < -0.39 is 6.07 Å². The Morgan fingerprint density at radius 1 is 1.33 bits per heavy atom. The molecule has 0 aromatic heterocycles. The Morgan fingerprint density at radius 3 is 2.07 bits per heavy atom. The van der Waals surface area contributed by atoms with Crippen molar-refractivity contribution in [2.45, 2.75) is 0 Å². The van der Waals surface area contributed by atoms with Gasteiger partial charge < -0.3 is 9.46 Å². The molecule has 0 fully saturated rings. The minimum absolute atomic E-state index is 1.09. The molecule has 7 heteroatoms. The van der Waals surface area contributed by atoms with E-state index in [1.165, 1.54) is 5.67 Å². The summed E-state index contributed by atoms with van der Waals surface area (Å²) >= 11 is 14.1. The van der Waals surface area contributed by atoms with Crippen molar-refractivity contribution in [2.75, 3.05) is 7.05 Å². The lowest BCUT2D eigenvalue weighted by Gasteiger charge is -1.98. The minimum atomic E-state index is -3.94. The monoisotopic (exact) mass is 287 g/mol. The van der Waals surface area contributed by atoms with Crippen molar-refractivity contribution in [1.29, 1.82) is 0 Å². The van der Waals surface area contributed by atoms with E-state index in [1.54, 1.807) is 0 Å². The van der Waals surface area contributed by atoms with E-state index in [9.17, 15) is 9.46 Å². The molecule has 0 aliphatic rings.